The molecule has 1 N–H and O–H groups in total. The van der Waals surface area contributed by atoms with E-state index in [0.29, 0.717) is 12.0 Å². The number of nitrogens with zero attached hydrogens (tertiary/aromatic N) is 1. The van der Waals surface area contributed by atoms with Crippen LogP contribution in [0.25, 0.3) is 0 Å². The van der Waals surface area contributed by atoms with Gasteiger partial charge >= 0.3 is 11.7 Å². The van der Waals surface area contributed by atoms with E-state index in [9.17, 15) is 9.59 Å². The molecule has 0 aliphatic carbocycles. The largest absolute Gasteiger partial charge is 0.469 e. The molecule has 6 heteroatoms. The maximum Gasteiger partial charge on any atom is 0.346 e. The van der Waals surface area contributed by atoms with Crippen molar-refractivity contribution in [2.45, 2.75) is 12.8 Å². The summed E-state index contributed by atoms with van der Waals surface area (Å²) >= 11 is 5.71. The molecule has 76 valence electrons. The number of esters is 1. The fourth-order valence-electron chi connectivity index (χ4n) is 0.913. The number of rotatable bonds is 3. The Kier molecular flexibility index (Phi) is 3.64. The Bertz CT molecular complexity index is 388. The molecule has 0 aromatic carbocycles. The van der Waals surface area contributed by atoms with Gasteiger partial charge in [0.15, 0.2) is 0 Å². The number of halogens is 1. The van der Waals surface area contributed by atoms with Gasteiger partial charge < -0.3 is 4.74 Å². The minimum absolute atomic E-state index is 0.212. The number of nitrogens with one attached hydrogen (secondary N) is 1. The van der Waals surface area contributed by atoms with Gasteiger partial charge in [0.2, 0.25) is 0 Å². The van der Waals surface area contributed by atoms with Crippen LogP contribution in [0.4, 0.5) is 0 Å². The molecule has 0 atom stereocenters. The first-order chi connectivity index (χ1) is 6.63. The lowest BCUT2D eigenvalue weighted by Gasteiger charge is -2.01. The average Bonchev–Trinajstić information content (AvgIpc) is 2.16. The van der Waals surface area contributed by atoms with E-state index in [1.165, 1.54) is 13.3 Å². The van der Waals surface area contributed by atoms with Gasteiger partial charge in [0.05, 0.1) is 7.11 Å². The second-order valence-corrected chi connectivity index (χ2v) is 2.98. The maximum absolute atomic E-state index is 10.8. The number of aromatic amines is 1. The van der Waals surface area contributed by atoms with Crippen molar-refractivity contribution in [3.05, 3.63) is 27.4 Å². The molecule has 0 unspecified atom stereocenters. The Hall–Kier alpha value is -1.36. The van der Waals surface area contributed by atoms with Gasteiger partial charge in [-0.2, -0.15) is 0 Å². The second kappa shape index (κ2) is 4.76. The summed E-state index contributed by atoms with van der Waals surface area (Å²) in [6, 6.07) is 0. The van der Waals surface area contributed by atoms with Crippen molar-refractivity contribution in [3.8, 4) is 0 Å². The van der Waals surface area contributed by atoms with E-state index < -0.39 is 5.69 Å². The number of aromatic nitrogens is 2. The molecular formula is C8H9ClN2O3. The number of methoxy groups -OCH3 is 1. The summed E-state index contributed by atoms with van der Waals surface area (Å²) in [7, 11) is 1.31. The van der Waals surface area contributed by atoms with Crippen LogP contribution >= 0.6 is 11.6 Å². The summed E-state index contributed by atoms with van der Waals surface area (Å²) in [6.45, 7) is 0. The summed E-state index contributed by atoms with van der Waals surface area (Å²) < 4.78 is 4.46. The van der Waals surface area contributed by atoms with Gasteiger partial charge in [-0.1, -0.05) is 11.6 Å². The third kappa shape index (κ3) is 2.85. The summed E-state index contributed by atoms with van der Waals surface area (Å²) in [5.74, 6) is -0.327. The van der Waals surface area contributed by atoms with Gasteiger partial charge in [-0.15, -0.1) is 0 Å². The van der Waals surface area contributed by atoms with E-state index in [0.717, 1.165) is 0 Å². The van der Waals surface area contributed by atoms with Gasteiger partial charge in [0, 0.05) is 18.2 Å². The van der Waals surface area contributed by atoms with E-state index in [2.05, 4.69) is 14.7 Å². The molecule has 0 aliphatic heterocycles. The highest BCUT2D eigenvalue weighted by Gasteiger charge is 2.05. The molecule has 0 fully saturated rings. The first-order valence-corrected chi connectivity index (χ1v) is 4.32. The van der Waals surface area contributed by atoms with Crippen molar-refractivity contribution in [2.24, 2.45) is 0 Å². The van der Waals surface area contributed by atoms with Crippen molar-refractivity contribution in [2.75, 3.05) is 7.11 Å². The summed E-state index contributed by atoms with van der Waals surface area (Å²) in [5.41, 5.74) is 0.119. The van der Waals surface area contributed by atoms with Gasteiger partial charge in [0.1, 0.15) is 5.15 Å². The fourth-order valence-corrected chi connectivity index (χ4v) is 1.14. The third-order valence-corrected chi connectivity index (χ3v) is 2.00. The number of carbonyl (C=O) groups is 1. The molecule has 14 heavy (non-hydrogen) atoms. The molecule has 0 saturated heterocycles. The first kappa shape index (κ1) is 10.7. The van der Waals surface area contributed by atoms with Crippen molar-refractivity contribution >= 4 is 17.6 Å². The van der Waals surface area contributed by atoms with Crippen LogP contribution in [0.3, 0.4) is 0 Å². The fraction of sp³-hybridized carbons (Fsp3) is 0.375. The topological polar surface area (TPSA) is 72.0 Å². The molecule has 1 aromatic heterocycles. The standard InChI is InChI=1S/C8H9ClN2O3/c1-14-6(12)3-2-5-4-10-8(13)11-7(5)9/h4H,2-3H2,1H3,(H,10,11,13). The van der Waals surface area contributed by atoms with Crippen molar-refractivity contribution in [1.82, 2.24) is 9.97 Å². The van der Waals surface area contributed by atoms with Crippen LogP contribution in [0.5, 0.6) is 0 Å². The van der Waals surface area contributed by atoms with E-state index in [1.807, 2.05) is 0 Å². The molecule has 1 heterocycles. The Morgan fingerprint density at radius 2 is 2.43 bits per heavy atom. The lowest BCUT2D eigenvalue weighted by molar-refractivity contribution is -0.140. The molecule has 0 radical (unpaired) electrons. The predicted octanol–water partition coefficient (Wildman–Crippen LogP) is 0.529. The van der Waals surface area contributed by atoms with Crippen LogP contribution in [0.2, 0.25) is 5.15 Å². The lowest BCUT2D eigenvalue weighted by atomic mass is 10.2. The molecule has 0 bridgehead atoms. The highest BCUT2D eigenvalue weighted by molar-refractivity contribution is 6.30. The predicted molar refractivity (Wildman–Crippen MR) is 50.2 cm³/mol. The number of aryl methyl sites for hydroxylation is 1. The SMILES string of the molecule is COC(=O)CCc1cnc(=O)[nH]c1Cl. The lowest BCUT2D eigenvalue weighted by Crippen LogP contribution is -2.11. The van der Waals surface area contributed by atoms with Gasteiger partial charge in [-0.3, -0.25) is 9.78 Å². The zero-order valence-electron chi connectivity index (χ0n) is 7.54. The van der Waals surface area contributed by atoms with Crippen LogP contribution < -0.4 is 5.69 Å². The first-order valence-electron chi connectivity index (χ1n) is 3.94. The molecule has 0 saturated carbocycles. The molecule has 5 nitrogen and oxygen atoms in total. The van der Waals surface area contributed by atoms with Crippen molar-refractivity contribution < 1.29 is 9.53 Å². The van der Waals surface area contributed by atoms with Gasteiger partial charge in [-0.25, -0.2) is 9.78 Å². The van der Waals surface area contributed by atoms with Gasteiger partial charge in [-0.05, 0) is 6.42 Å². The molecule has 1 aromatic rings. The van der Waals surface area contributed by atoms with Crippen molar-refractivity contribution in [1.29, 1.82) is 0 Å². The average molecular weight is 217 g/mol. The maximum atomic E-state index is 10.8. The molecule has 1 rings (SSSR count). The van der Waals surface area contributed by atoms with Crippen LogP contribution in [0, 0.1) is 0 Å². The highest BCUT2D eigenvalue weighted by atomic mass is 35.5. The number of hydrogen-bond donors (Lipinski definition) is 1. The third-order valence-electron chi connectivity index (χ3n) is 1.66. The van der Waals surface area contributed by atoms with Gasteiger partial charge in [0.25, 0.3) is 0 Å². The van der Waals surface area contributed by atoms with E-state index >= 15 is 0 Å². The van der Waals surface area contributed by atoms with E-state index in [1.54, 1.807) is 0 Å². The number of carbonyl (C=O) groups excluding carboxylic acids is 1. The molecule has 0 aliphatic rings. The Morgan fingerprint density at radius 3 is 3.00 bits per heavy atom. The summed E-state index contributed by atoms with van der Waals surface area (Å²) in [5, 5.41) is 0.217. The number of ether oxygens (including phenoxy) is 1. The van der Waals surface area contributed by atoms with Crippen LogP contribution in [-0.2, 0) is 16.0 Å². The summed E-state index contributed by atoms with van der Waals surface area (Å²) in [4.78, 5) is 27.3. The molecule has 0 spiro atoms. The molecular weight excluding hydrogens is 208 g/mol. The normalized spacial score (nSPS) is 9.86. The quantitative estimate of drug-likeness (QED) is 0.591. The number of hydrogen-bond acceptors (Lipinski definition) is 4. The number of H-pyrrole nitrogens is 1. The zero-order valence-corrected chi connectivity index (χ0v) is 8.30. The van der Waals surface area contributed by atoms with Crippen molar-refractivity contribution in [3.63, 3.8) is 0 Å². The Morgan fingerprint density at radius 1 is 1.71 bits per heavy atom. The Labute approximate surface area is 85.1 Å². The highest BCUT2D eigenvalue weighted by Crippen LogP contribution is 2.11. The monoisotopic (exact) mass is 216 g/mol. The smallest absolute Gasteiger partial charge is 0.346 e. The molecule has 0 amide bonds. The van der Waals surface area contributed by atoms with E-state index in [4.69, 9.17) is 11.6 Å². The zero-order chi connectivity index (χ0) is 10.6. The summed E-state index contributed by atoms with van der Waals surface area (Å²) in [6.07, 6.45) is 1.96. The van der Waals surface area contributed by atoms with Crippen LogP contribution in [0.15, 0.2) is 11.0 Å². The minimum Gasteiger partial charge on any atom is -0.469 e. The van der Waals surface area contributed by atoms with Crippen LogP contribution in [-0.4, -0.2) is 23.0 Å². The van der Waals surface area contributed by atoms with Crippen LogP contribution in [0.1, 0.15) is 12.0 Å². The Balaban J connectivity index is 2.68. The second-order valence-electron chi connectivity index (χ2n) is 2.60. The van der Waals surface area contributed by atoms with E-state index in [-0.39, 0.29) is 17.5 Å². The minimum atomic E-state index is -0.503.